The van der Waals surface area contributed by atoms with Crippen molar-refractivity contribution in [1.82, 2.24) is 9.97 Å². The third kappa shape index (κ3) is 2.21. The molecule has 0 amide bonds. The van der Waals surface area contributed by atoms with Crippen molar-refractivity contribution in [2.45, 2.75) is 0 Å². The molecule has 100 valence electrons. The van der Waals surface area contributed by atoms with E-state index in [-0.39, 0.29) is 5.75 Å². The number of hydrogen-bond donors (Lipinski definition) is 1. The molecule has 0 spiro atoms. The highest BCUT2D eigenvalue weighted by atomic mass is 16.5. The van der Waals surface area contributed by atoms with Crippen LogP contribution in [0.4, 0.5) is 0 Å². The van der Waals surface area contributed by atoms with Gasteiger partial charge in [-0.05, 0) is 18.2 Å². The molecule has 0 radical (unpaired) electrons. The number of aromatic nitrogens is 2. The van der Waals surface area contributed by atoms with Gasteiger partial charge in [-0.2, -0.15) is 0 Å². The molecule has 0 aliphatic carbocycles. The van der Waals surface area contributed by atoms with Crippen LogP contribution in [-0.2, 0) is 0 Å². The third-order valence-corrected chi connectivity index (χ3v) is 2.86. The Hall–Kier alpha value is -2.82. The van der Waals surface area contributed by atoms with E-state index in [0.29, 0.717) is 28.3 Å². The van der Waals surface area contributed by atoms with E-state index in [2.05, 4.69) is 9.97 Å². The minimum absolute atomic E-state index is 0.0210. The van der Waals surface area contributed by atoms with Crippen LogP contribution in [0.2, 0.25) is 0 Å². The van der Waals surface area contributed by atoms with Crippen LogP contribution in [0.25, 0.3) is 10.9 Å². The van der Waals surface area contributed by atoms with Crippen molar-refractivity contribution < 1.29 is 14.6 Å². The number of phenols is 1. The summed E-state index contributed by atoms with van der Waals surface area (Å²) in [6.07, 6.45) is 1.41. The normalized spacial score (nSPS) is 10.4. The maximum Gasteiger partial charge on any atom is 0.230 e. The molecule has 3 aromatic rings. The predicted molar refractivity (Wildman–Crippen MR) is 74.3 cm³/mol. The molecule has 0 fully saturated rings. The Bertz CT molecular complexity index is 745. The molecule has 0 aliphatic heterocycles. The number of aromatic hydroxyl groups is 1. The largest absolute Gasteiger partial charge is 0.504 e. The number of methoxy groups -OCH3 is 1. The van der Waals surface area contributed by atoms with Crippen molar-refractivity contribution in [3.8, 4) is 23.1 Å². The van der Waals surface area contributed by atoms with Gasteiger partial charge < -0.3 is 14.6 Å². The fourth-order valence-corrected chi connectivity index (χ4v) is 1.89. The second kappa shape index (κ2) is 5.05. The lowest BCUT2D eigenvalue weighted by Gasteiger charge is -2.09. The third-order valence-electron chi connectivity index (χ3n) is 2.86. The van der Waals surface area contributed by atoms with Crippen molar-refractivity contribution in [3.05, 3.63) is 48.8 Å². The molecule has 1 aromatic heterocycles. The molecule has 1 heterocycles. The monoisotopic (exact) mass is 268 g/mol. The highest BCUT2D eigenvalue weighted by molar-refractivity contribution is 5.86. The molecule has 1 N–H and O–H groups in total. The van der Waals surface area contributed by atoms with Gasteiger partial charge in [0, 0.05) is 6.07 Å². The zero-order valence-corrected chi connectivity index (χ0v) is 10.8. The van der Waals surface area contributed by atoms with Gasteiger partial charge in [0.15, 0.2) is 11.5 Å². The van der Waals surface area contributed by atoms with Crippen LogP contribution >= 0.6 is 0 Å². The van der Waals surface area contributed by atoms with Gasteiger partial charge in [0.1, 0.15) is 12.1 Å². The van der Waals surface area contributed by atoms with Crippen molar-refractivity contribution in [2.24, 2.45) is 0 Å². The molecule has 5 heteroatoms. The smallest absolute Gasteiger partial charge is 0.230 e. The van der Waals surface area contributed by atoms with E-state index in [0.717, 1.165) is 0 Å². The summed E-state index contributed by atoms with van der Waals surface area (Å²) in [5, 5.41) is 10.5. The van der Waals surface area contributed by atoms with Gasteiger partial charge in [0.25, 0.3) is 0 Å². The van der Waals surface area contributed by atoms with E-state index >= 15 is 0 Å². The van der Waals surface area contributed by atoms with Crippen LogP contribution < -0.4 is 9.47 Å². The highest BCUT2D eigenvalue weighted by Gasteiger charge is 2.11. The average molecular weight is 268 g/mol. The molecule has 0 aliphatic rings. The van der Waals surface area contributed by atoms with E-state index in [1.54, 1.807) is 6.07 Å². The van der Waals surface area contributed by atoms with Gasteiger partial charge in [-0.3, -0.25) is 0 Å². The lowest BCUT2D eigenvalue weighted by Crippen LogP contribution is -1.92. The Kier molecular flexibility index (Phi) is 3.09. The molecule has 0 bridgehead atoms. The quantitative estimate of drug-likeness (QED) is 0.790. The number of nitrogens with zero attached hydrogens (tertiary/aromatic N) is 2. The summed E-state index contributed by atoms with van der Waals surface area (Å²) >= 11 is 0. The summed E-state index contributed by atoms with van der Waals surface area (Å²) in [7, 11) is 1.49. The zero-order chi connectivity index (χ0) is 13.9. The predicted octanol–water partition coefficient (Wildman–Crippen LogP) is 3.14. The number of benzene rings is 2. The topological polar surface area (TPSA) is 64.5 Å². The van der Waals surface area contributed by atoms with Crippen LogP contribution in [0.3, 0.4) is 0 Å². The molecular formula is C15H12N2O3. The van der Waals surface area contributed by atoms with Crippen LogP contribution in [0.15, 0.2) is 48.8 Å². The molecule has 0 saturated heterocycles. The second-order valence-corrected chi connectivity index (χ2v) is 4.14. The molecule has 0 atom stereocenters. The van der Waals surface area contributed by atoms with Crippen LogP contribution in [0, 0.1) is 0 Å². The fraction of sp³-hybridized carbons (Fsp3) is 0.0667. The van der Waals surface area contributed by atoms with Gasteiger partial charge >= 0.3 is 0 Å². The molecule has 2 aromatic carbocycles. The summed E-state index contributed by atoms with van der Waals surface area (Å²) in [5.74, 6) is 1.44. The average Bonchev–Trinajstić information content (AvgIpc) is 2.48. The molecule has 0 unspecified atom stereocenters. The maximum absolute atomic E-state index is 9.86. The standard InChI is InChI=1S/C15H12N2O3/c1-19-14-8-12-11(7-13(14)18)15(17-9-16-12)20-10-5-3-2-4-6-10/h2-9,18H,1H3. The number of hydrogen-bond acceptors (Lipinski definition) is 5. The molecule has 20 heavy (non-hydrogen) atoms. The summed E-state index contributed by atoms with van der Waals surface area (Å²) in [4.78, 5) is 8.26. The molecule has 5 nitrogen and oxygen atoms in total. The minimum atomic E-state index is 0.0210. The van der Waals surface area contributed by atoms with Crippen molar-refractivity contribution in [3.63, 3.8) is 0 Å². The molecule has 0 saturated carbocycles. The van der Waals surface area contributed by atoms with Gasteiger partial charge in [-0.25, -0.2) is 9.97 Å². The van der Waals surface area contributed by atoms with E-state index < -0.39 is 0 Å². The summed E-state index contributed by atoms with van der Waals surface area (Å²) in [5.41, 5.74) is 0.639. The maximum atomic E-state index is 9.86. The number of rotatable bonds is 3. The number of fused-ring (bicyclic) bond motifs is 1. The SMILES string of the molecule is COc1cc2ncnc(Oc3ccccc3)c2cc1O. The van der Waals surface area contributed by atoms with Crippen LogP contribution in [0.5, 0.6) is 23.1 Å². The number of ether oxygens (including phenoxy) is 2. The zero-order valence-electron chi connectivity index (χ0n) is 10.8. The van der Waals surface area contributed by atoms with Crippen LogP contribution in [0.1, 0.15) is 0 Å². The Morgan fingerprint density at radius 1 is 1.05 bits per heavy atom. The van der Waals surface area contributed by atoms with Crippen molar-refractivity contribution in [1.29, 1.82) is 0 Å². The number of para-hydroxylation sites is 1. The first-order valence-corrected chi connectivity index (χ1v) is 6.02. The van der Waals surface area contributed by atoms with Gasteiger partial charge in [-0.15, -0.1) is 0 Å². The lowest BCUT2D eigenvalue weighted by atomic mass is 10.2. The van der Waals surface area contributed by atoms with Crippen molar-refractivity contribution in [2.75, 3.05) is 7.11 Å². The molecular weight excluding hydrogens is 256 g/mol. The summed E-state index contributed by atoms with van der Waals surface area (Å²) in [6.45, 7) is 0. The Morgan fingerprint density at radius 2 is 1.85 bits per heavy atom. The van der Waals surface area contributed by atoms with E-state index in [1.165, 1.54) is 19.5 Å². The first-order valence-electron chi connectivity index (χ1n) is 6.02. The Morgan fingerprint density at radius 3 is 2.60 bits per heavy atom. The first-order chi connectivity index (χ1) is 9.78. The van der Waals surface area contributed by atoms with E-state index in [9.17, 15) is 5.11 Å². The van der Waals surface area contributed by atoms with Gasteiger partial charge in [0.2, 0.25) is 5.88 Å². The van der Waals surface area contributed by atoms with E-state index in [4.69, 9.17) is 9.47 Å². The minimum Gasteiger partial charge on any atom is -0.504 e. The summed E-state index contributed by atoms with van der Waals surface area (Å²) < 4.78 is 10.8. The Labute approximate surface area is 115 Å². The van der Waals surface area contributed by atoms with E-state index in [1.807, 2.05) is 30.3 Å². The fourth-order valence-electron chi connectivity index (χ4n) is 1.89. The van der Waals surface area contributed by atoms with Gasteiger partial charge in [-0.1, -0.05) is 18.2 Å². The lowest BCUT2D eigenvalue weighted by molar-refractivity contribution is 0.374. The summed E-state index contributed by atoms with van der Waals surface area (Å²) in [6, 6.07) is 12.5. The van der Waals surface area contributed by atoms with Crippen LogP contribution in [-0.4, -0.2) is 22.2 Å². The number of phenolic OH excluding ortho intramolecular Hbond substituents is 1. The van der Waals surface area contributed by atoms with Crippen molar-refractivity contribution >= 4 is 10.9 Å². The first kappa shape index (κ1) is 12.2. The highest BCUT2D eigenvalue weighted by Crippen LogP contribution is 2.34. The van der Waals surface area contributed by atoms with Gasteiger partial charge in [0.05, 0.1) is 18.0 Å². The molecule has 3 rings (SSSR count). The Balaban J connectivity index is 2.09. The second-order valence-electron chi connectivity index (χ2n) is 4.14.